The number of rotatable bonds is 4. The van der Waals surface area contributed by atoms with Crippen molar-refractivity contribution in [3.8, 4) is 0 Å². The van der Waals surface area contributed by atoms with Gasteiger partial charge in [-0.15, -0.1) is 0 Å². The van der Waals surface area contributed by atoms with Crippen LogP contribution in [0.25, 0.3) is 10.8 Å². The van der Waals surface area contributed by atoms with Crippen LogP contribution in [0.2, 0.25) is 0 Å². The van der Waals surface area contributed by atoms with Crippen molar-refractivity contribution >= 4 is 38.6 Å². The molecule has 6 rings (SSSR count). The van der Waals surface area contributed by atoms with Gasteiger partial charge in [-0.2, -0.15) is 4.31 Å². The first kappa shape index (κ1) is 22.7. The lowest BCUT2D eigenvalue weighted by molar-refractivity contribution is -0.132. The first-order chi connectivity index (χ1) is 17.2. The van der Waals surface area contributed by atoms with Crippen LogP contribution in [-0.2, 0) is 32.6 Å². The van der Waals surface area contributed by atoms with Crippen molar-refractivity contribution in [2.45, 2.75) is 48.3 Å². The highest BCUT2D eigenvalue weighted by Crippen LogP contribution is 2.36. The van der Waals surface area contributed by atoms with Crippen LogP contribution in [0.4, 0.5) is 4.79 Å². The fourth-order valence-electron chi connectivity index (χ4n) is 5.43. The summed E-state index contributed by atoms with van der Waals surface area (Å²) in [5.74, 6) is -0.816. The van der Waals surface area contributed by atoms with Crippen molar-refractivity contribution in [2.24, 2.45) is 0 Å². The minimum Gasteiger partial charge on any atom is -0.352 e. The van der Waals surface area contributed by atoms with Crippen LogP contribution in [0, 0.1) is 0 Å². The topological polar surface area (TPSA) is 125 Å². The molecule has 3 aliphatic rings. The van der Waals surface area contributed by atoms with Gasteiger partial charge < -0.3 is 10.6 Å². The Hall–Kier alpha value is -3.76. The Balaban J connectivity index is 1.29. The lowest BCUT2D eigenvalue weighted by Crippen LogP contribution is -2.65. The van der Waals surface area contributed by atoms with E-state index in [-0.39, 0.29) is 36.7 Å². The van der Waals surface area contributed by atoms with Gasteiger partial charge in [0.1, 0.15) is 11.6 Å². The van der Waals surface area contributed by atoms with Crippen molar-refractivity contribution in [1.29, 1.82) is 0 Å². The first-order valence-corrected chi connectivity index (χ1v) is 13.2. The van der Waals surface area contributed by atoms with Crippen molar-refractivity contribution < 1.29 is 22.8 Å². The third-order valence-corrected chi connectivity index (χ3v) is 9.24. The summed E-state index contributed by atoms with van der Waals surface area (Å²) in [5, 5.41) is 9.49. The molecule has 4 amide bonds. The van der Waals surface area contributed by atoms with E-state index in [1.807, 2.05) is 48.5 Å². The maximum atomic E-state index is 13.9. The number of sulfonamides is 1. The minimum atomic E-state index is -4.00. The molecule has 1 aliphatic carbocycles. The Bertz CT molecular complexity index is 1530. The molecule has 1 saturated carbocycles. The van der Waals surface area contributed by atoms with E-state index in [9.17, 15) is 22.8 Å². The highest BCUT2D eigenvalue weighted by Gasteiger charge is 2.56. The molecule has 1 saturated heterocycles. The average molecular weight is 505 g/mol. The highest BCUT2D eigenvalue weighted by atomic mass is 32.2. The number of carbonyl (C=O) groups is 3. The molecule has 1 atom stereocenters. The number of imide groups is 1. The predicted molar refractivity (Wildman–Crippen MR) is 131 cm³/mol. The maximum absolute atomic E-state index is 13.9. The van der Waals surface area contributed by atoms with E-state index in [1.165, 1.54) is 4.31 Å². The smallest absolute Gasteiger partial charge is 0.322 e. The van der Waals surface area contributed by atoms with E-state index in [2.05, 4.69) is 16.0 Å². The number of urea groups is 1. The largest absolute Gasteiger partial charge is 0.352 e. The van der Waals surface area contributed by atoms with Gasteiger partial charge in [0.2, 0.25) is 15.9 Å². The molecule has 3 aromatic rings. The number of hydrogen-bond acceptors (Lipinski definition) is 5. The van der Waals surface area contributed by atoms with Crippen LogP contribution in [0.15, 0.2) is 71.6 Å². The van der Waals surface area contributed by atoms with Crippen LogP contribution in [0.3, 0.4) is 0 Å². The van der Waals surface area contributed by atoms with E-state index in [4.69, 9.17) is 0 Å². The fraction of sp³-hybridized carbons (Fsp3) is 0.269. The van der Waals surface area contributed by atoms with E-state index >= 15 is 0 Å². The Labute approximate surface area is 207 Å². The monoisotopic (exact) mass is 504 g/mol. The quantitative estimate of drug-likeness (QED) is 0.468. The highest BCUT2D eigenvalue weighted by molar-refractivity contribution is 7.89. The summed E-state index contributed by atoms with van der Waals surface area (Å²) in [5.41, 5.74) is 0.791. The van der Waals surface area contributed by atoms with Gasteiger partial charge in [0.05, 0.1) is 4.90 Å². The molecule has 184 valence electrons. The molecule has 1 spiro atoms. The molecule has 9 nitrogen and oxygen atoms in total. The number of fused-ring (bicyclic) bond motifs is 2. The minimum absolute atomic E-state index is 0.0798. The van der Waals surface area contributed by atoms with Crippen molar-refractivity contribution in [3.05, 3.63) is 77.9 Å². The molecular formula is C26H24N4O5S. The van der Waals surface area contributed by atoms with Crippen LogP contribution < -0.4 is 16.0 Å². The Morgan fingerprint density at radius 1 is 0.944 bits per heavy atom. The summed E-state index contributed by atoms with van der Waals surface area (Å²) in [6, 6.07) is 18.2. The van der Waals surface area contributed by atoms with Crippen molar-refractivity contribution in [1.82, 2.24) is 20.3 Å². The number of hydrogen-bond donors (Lipinski definition) is 3. The van der Waals surface area contributed by atoms with Gasteiger partial charge in [0, 0.05) is 12.6 Å². The molecule has 3 aromatic carbocycles. The summed E-state index contributed by atoms with van der Waals surface area (Å²) in [7, 11) is -4.00. The molecule has 3 N–H and O–H groups in total. The van der Waals surface area contributed by atoms with Crippen LogP contribution in [0.1, 0.15) is 24.0 Å². The molecule has 10 heteroatoms. The van der Waals surface area contributed by atoms with E-state index in [0.29, 0.717) is 0 Å². The Morgan fingerprint density at radius 2 is 1.64 bits per heavy atom. The van der Waals surface area contributed by atoms with Gasteiger partial charge in [-0.3, -0.25) is 14.9 Å². The molecule has 2 heterocycles. The van der Waals surface area contributed by atoms with Gasteiger partial charge in [0.15, 0.2) is 0 Å². The van der Waals surface area contributed by atoms with E-state index in [0.717, 1.165) is 21.9 Å². The van der Waals surface area contributed by atoms with Gasteiger partial charge in [-0.25, -0.2) is 13.2 Å². The molecule has 0 bridgehead atoms. The van der Waals surface area contributed by atoms with Crippen LogP contribution in [-0.4, -0.2) is 48.2 Å². The third-order valence-electron chi connectivity index (χ3n) is 7.39. The van der Waals surface area contributed by atoms with Gasteiger partial charge in [0.25, 0.3) is 5.91 Å². The lowest BCUT2D eigenvalue weighted by atomic mass is 9.72. The number of carbonyl (C=O) groups excluding carboxylic acids is 3. The zero-order valence-corrected chi connectivity index (χ0v) is 20.0. The molecule has 0 aromatic heterocycles. The summed E-state index contributed by atoms with van der Waals surface area (Å²) in [4.78, 5) is 37.2. The van der Waals surface area contributed by atoms with E-state index < -0.39 is 39.4 Å². The third kappa shape index (κ3) is 3.64. The summed E-state index contributed by atoms with van der Waals surface area (Å²) >= 11 is 0. The zero-order valence-electron chi connectivity index (χ0n) is 19.2. The lowest BCUT2D eigenvalue weighted by Gasteiger charge is -2.43. The summed E-state index contributed by atoms with van der Waals surface area (Å²) in [6.07, 6.45) is 0.762. The number of amides is 4. The summed E-state index contributed by atoms with van der Waals surface area (Å²) in [6.45, 7) is 0.0798. The predicted octanol–water partition coefficient (Wildman–Crippen LogP) is 1.81. The summed E-state index contributed by atoms with van der Waals surface area (Å²) < 4.78 is 29.0. The number of benzene rings is 3. The zero-order chi connectivity index (χ0) is 25.1. The Kier molecular flexibility index (Phi) is 5.13. The van der Waals surface area contributed by atoms with Gasteiger partial charge >= 0.3 is 6.03 Å². The van der Waals surface area contributed by atoms with Gasteiger partial charge in [-0.05, 0) is 53.3 Å². The normalized spacial score (nSPS) is 25.7. The maximum Gasteiger partial charge on any atom is 0.322 e. The van der Waals surface area contributed by atoms with E-state index in [1.54, 1.807) is 18.2 Å². The molecule has 36 heavy (non-hydrogen) atoms. The number of nitrogens with one attached hydrogen (secondary N) is 3. The standard InChI is InChI=1S/C26H24N4O5S/c31-23(27-20-13-26(14-20)24(32)28-25(33)29-26)22-12-18-7-3-4-8-19(18)15-30(22)36(34,35)21-10-9-16-5-1-2-6-17(16)11-21/h1-11,20,22H,12-15H2,(H,27,31)(H2,28,29,32,33)/t20?,22-,26?/m0/s1. The molecular weight excluding hydrogens is 480 g/mol. The second-order valence-corrected chi connectivity index (χ2v) is 11.5. The SMILES string of the molecule is O=C1NC(=O)C2(CC(NC(=O)[C@@H]3Cc4ccccc4CN3S(=O)(=O)c3ccc4ccccc4c3)C2)N1. The second-order valence-electron chi connectivity index (χ2n) is 9.65. The van der Waals surface area contributed by atoms with Crippen molar-refractivity contribution in [2.75, 3.05) is 0 Å². The van der Waals surface area contributed by atoms with Gasteiger partial charge in [-0.1, -0.05) is 54.6 Å². The average Bonchev–Trinajstić information content (AvgIpc) is 3.16. The second kappa shape index (κ2) is 8.14. The molecule has 0 unspecified atom stereocenters. The molecule has 2 aliphatic heterocycles. The first-order valence-electron chi connectivity index (χ1n) is 11.8. The van der Waals surface area contributed by atoms with Crippen LogP contribution in [0.5, 0.6) is 0 Å². The van der Waals surface area contributed by atoms with Crippen LogP contribution >= 0.6 is 0 Å². The Morgan fingerprint density at radius 3 is 2.36 bits per heavy atom. The molecule has 0 radical (unpaired) electrons. The fourth-order valence-corrected chi connectivity index (χ4v) is 7.04. The number of nitrogens with zero attached hydrogens (tertiary/aromatic N) is 1. The van der Waals surface area contributed by atoms with Crippen molar-refractivity contribution in [3.63, 3.8) is 0 Å². The molecule has 2 fully saturated rings.